The second kappa shape index (κ2) is 6.72. The molecule has 0 saturated carbocycles. The summed E-state index contributed by atoms with van der Waals surface area (Å²) in [5.41, 5.74) is 2.74. The van der Waals surface area contributed by atoms with Crippen molar-refractivity contribution in [3.8, 4) is 0 Å². The Morgan fingerprint density at radius 3 is 2.50 bits per heavy atom. The van der Waals surface area contributed by atoms with Crippen molar-refractivity contribution in [3.05, 3.63) is 101 Å². The minimum Gasteiger partial charge on any atom is -0.371 e. The number of fused-ring (bicyclic) bond motifs is 1. The van der Waals surface area contributed by atoms with Crippen molar-refractivity contribution in [1.82, 2.24) is 9.97 Å². The molecule has 0 aliphatic carbocycles. The molecule has 0 aliphatic rings. The predicted molar refractivity (Wildman–Crippen MR) is 102 cm³/mol. The third-order valence-electron chi connectivity index (χ3n) is 4.34. The maximum Gasteiger partial charge on any atom is 0.249 e. The number of benzene rings is 2. The molecular formula is C21H17N3O2. The molecule has 128 valence electrons. The lowest BCUT2D eigenvalue weighted by atomic mass is 9.96. The van der Waals surface area contributed by atoms with Gasteiger partial charge in [-0.15, -0.1) is 0 Å². The van der Waals surface area contributed by atoms with E-state index in [0.717, 1.165) is 16.5 Å². The lowest BCUT2D eigenvalue weighted by Gasteiger charge is -2.19. The molecule has 0 spiro atoms. The Morgan fingerprint density at radius 1 is 0.923 bits per heavy atom. The highest BCUT2D eigenvalue weighted by molar-refractivity contribution is 6.11. The Labute approximate surface area is 149 Å². The van der Waals surface area contributed by atoms with Crippen LogP contribution in [0.5, 0.6) is 0 Å². The minimum atomic E-state index is -0.600. The smallest absolute Gasteiger partial charge is 0.249 e. The van der Waals surface area contributed by atoms with Crippen molar-refractivity contribution >= 4 is 22.4 Å². The van der Waals surface area contributed by atoms with Crippen molar-refractivity contribution < 1.29 is 4.79 Å². The first-order chi connectivity index (χ1) is 12.7. The third kappa shape index (κ3) is 3.02. The van der Waals surface area contributed by atoms with Gasteiger partial charge in [0, 0.05) is 40.6 Å². The molecule has 5 heteroatoms. The molecule has 0 amide bonds. The van der Waals surface area contributed by atoms with Crippen molar-refractivity contribution in [1.29, 1.82) is 0 Å². The minimum absolute atomic E-state index is 0.0612. The van der Waals surface area contributed by atoms with Gasteiger partial charge in [0.15, 0.2) is 5.78 Å². The van der Waals surface area contributed by atoms with Crippen LogP contribution in [-0.4, -0.2) is 15.8 Å². The second-order valence-corrected chi connectivity index (χ2v) is 6.04. The average Bonchev–Trinajstić information content (AvgIpc) is 3.10. The molecule has 0 bridgehead atoms. The number of H-pyrrole nitrogens is 2. The van der Waals surface area contributed by atoms with Crippen LogP contribution in [0.3, 0.4) is 0 Å². The predicted octanol–water partition coefficient (Wildman–Crippen LogP) is 3.89. The van der Waals surface area contributed by atoms with Crippen molar-refractivity contribution in [3.63, 3.8) is 0 Å². The van der Waals surface area contributed by atoms with Crippen LogP contribution in [0.1, 0.15) is 22.0 Å². The van der Waals surface area contributed by atoms with E-state index in [4.69, 9.17) is 0 Å². The Bertz CT molecular complexity index is 1110. The molecule has 0 aliphatic heterocycles. The van der Waals surface area contributed by atoms with Gasteiger partial charge < -0.3 is 15.3 Å². The van der Waals surface area contributed by atoms with Crippen LogP contribution in [0.25, 0.3) is 10.9 Å². The summed E-state index contributed by atoms with van der Waals surface area (Å²) in [7, 11) is 0. The third-order valence-corrected chi connectivity index (χ3v) is 4.34. The molecule has 1 atom stereocenters. The van der Waals surface area contributed by atoms with Crippen LogP contribution in [0.15, 0.2) is 83.9 Å². The molecule has 0 fully saturated rings. The van der Waals surface area contributed by atoms with Gasteiger partial charge >= 0.3 is 0 Å². The monoisotopic (exact) mass is 343 g/mol. The molecule has 3 N–H and O–H groups in total. The van der Waals surface area contributed by atoms with E-state index >= 15 is 0 Å². The Balaban J connectivity index is 1.77. The summed E-state index contributed by atoms with van der Waals surface area (Å²) >= 11 is 0. The number of Topliss-reactive ketones (excluding diaryl/α,β-unsaturated/α-hetero) is 1. The molecule has 4 rings (SSSR count). The fourth-order valence-electron chi connectivity index (χ4n) is 3.08. The summed E-state index contributed by atoms with van der Waals surface area (Å²) in [4.78, 5) is 30.7. The van der Waals surface area contributed by atoms with Crippen LogP contribution in [0, 0.1) is 0 Å². The normalized spacial score (nSPS) is 12.0. The van der Waals surface area contributed by atoms with Crippen molar-refractivity contribution in [2.45, 2.75) is 6.04 Å². The van der Waals surface area contributed by atoms with Gasteiger partial charge in [-0.3, -0.25) is 9.59 Å². The maximum absolute atomic E-state index is 13.3. The molecule has 0 radical (unpaired) electrons. The van der Waals surface area contributed by atoms with Crippen LogP contribution in [0.2, 0.25) is 0 Å². The number of aromatic amines is 2. The number of carbonyl (C=O) groups excluding carboxylic acids is 1. The number of nitrogens with one attached hydrogen (secondary N) is 3. The SMILES string of the molecule is O=C(c1c[nH]c2ccccc12)C(Nc1cc[nH]c(=O)c1)c1ccccc1. The summed E-state index contributed by atoms with van der Waals surface area (Å²) in [6.07, 6.45) is 3.30. The molecule has 4 aromatic rings. The van der Waals surface area contributed by atoms with E-state index in [0.29, 0.717) is 11.3 Å². The number of hydrogen-bond acceptors (Lipinski definition) is 3. The highest BCUT2D eigenvalue weighted by Gasteiger charge is 2.24. The lowest BCUT2D eigenvalue weighted by molar-refractivity contribution is 0.0971. The highest BCUT2D eigenvalue weighted by atomic mass is 16.1. The van der Waals surface area contributed by atoms with Crippen molar-refractivity contribution in [2.75, 3.05) is 5.32 Å². The Morgan fingerprint density at radius 2 is 1.69 bits per heavy atom. The Hall–Kier alpha value is -3.60. The lowest BCUT2D eigenvalue weighted by Crippen LogP contribution is -2.22. The number of anilines is 1. The van der Waals surface area contributed by atoms with E-state index in [-0.39, 0.29) is 11.3 Å². The van der Waals surface area contributed by atoms with Crippen LogP contribution < -0.4 is 10.9 Å². The molecule has 26 heavy (non-hydrogen) atoms. The summed E-state index contributed by atoms with van der Waals surface area (Å²) in [6, 6.07) is 19.8. The number of hydrogen-bond donors (Lipinski definition) is 3. The number of pyridine rings is 1. The quantitative estimate of drug-likeness (QED) is 0.481. The summed E-state index contributed by atoms with van der Waals surface area (Å²) in [5.74, 6) is -0.0612. The zero-order chi connectivity index (χ0) is 17.9. The number of para-hydroxylation sites is 1. The van der Waals surface area contributed by atoms with E-state index < -0.39 is 6.04 Å². The number of aromatic nitrogens is 2. The number of rotatable bonds is 5. The first kappa shape index (κ1) is 15.9. The van der Waals surface area contributed by atoms with Gasteiger partial charge in [0.1, 0.15) is 6.04 Å². The molecule has 0 saturated heterocycles. The van der Waals surface area contributed by atoms with Gasteiger partial charge in [-0.05, 0) is 17.7 Å². The largest absolute Gasteiger partial charge is 0.371 e. The second-order valence-electron chi connectivity index (χ2n) is 6.04. The van der Waals surface area contributed by atoms with Crippen molar-refractivity contribution in [2.24, 2.45) is 0 Å². The first-order valence-corrected chi connectivity index (χ1v) is 8.33. The van der Waals surface area contributed by atoms with Crippen LogP contribution in [-0.2, 0) is 0 Å². The maximum atomic E-state index is 13.3. The van der Waals surface area contributed by atoms with Crippen LogP contribution in [0.4, 0.5) is 5.69 Å². The summed E-state index contributed by atoms with van der Waals surface area (Å²) in [6.45, 7) is 0. The fraction of sp³-hybridized carbons (Fsp3) is 0.0476. The van der Waals surface area contributed by atoms with Gasteiger partial charge in [0.25, 0.3) is 0 Å². The Kier molecular flexibility index (Phi) is 4.11. The van der Waals surface area contributed by atoms with E-state index in [9.17, 15) is 9.59 Å². The first-order valence-electron chi connectivity index (χ1n) is 8.33. The van der Waals surface area contributed by atoms with Gasteiger partial charge in [-0.2, -0.15) is 0 Å². The molecule has 1 unspecified atom stereocenters. The summed E-state index contributed by atoms with van der Waals surface area (Å²) in [5, 5.41) is 4.09. The van der Waals surface area contributed by atoms with Gasteiger partial charge in [0.2, 0.25) is 5.56 Å². The van der Waals surface area contributed by atoms with E-state index in [1.807, 2.05) is 54.6 Å². The van der Waals surface area contributed by atoms with E-state index in [1.54, 1.807) is 18.5 Å². The molecule has 2 aromatic carbocycles. The molecule has 2 aromatic heterocycles. The van der Waals surface area contributed by atoms with Gasteiger partial charge in [-0.25, -0.2) is 0 Å². The topological polar surface area (TPSA) is 77.8 Å². The number of ketones is 1. The summed E-state index contributed by atoms with van der Waals surface area (Å²) < 4.78 is 0. The molecule has 5 nitrogen and oxygen atoms in total. The molecular weight excluding hydrogens is 326 g/mol. The zero-order valence-corrected chi connectivity index (χ0v) is 13.9. The van der Waals surface area contributed by atoms with E-state index in [2.05, 4.69) is 15.3 Å². The van der Waals surface area contributed by atoms with Gasteiger partial charge in [0.05, 0.1) is 0 Å². The zero-order valence-electron chi connectivity index (χ0n) is 13.9. The molecule has 2 heterocycles. The van der Waals surface area contributed by atoms with E-state index in [1.165, 1.54) is 6.07 Å². The highest BCUT2D eigenvalue weighted by Crippen LogP contribution is 2.27. The fourth-order valence-corrected chi connectivity index (χ4v) is 3.08. The average molecular weight is 343 g/mol. The number of carbonyl (C=O) groups is 1. The van der Waals surface area contributed by atoms with Gasteiger partial charge in [-0.1, -0.05) is 48.5 Å². The standard InChI is InChI=1S/C21H17N3O2/c25-19-12-15(10-11-22-19)24-20(14-6-2-1-3-7-14)21(26)17-13-23-18-9-5-4-8-16(17)18/h1-13,20,23H,(H2,22,24,25). The van der Waals surface area contributed by atoms with Crippen LogP contribution >= 0.6 is 0 Å².